The number of nitrogen functional groups attached to an aromatic ring is 1. The molecule has 0 bridgehead atoms. The van der Waals surface area contributed by atoms with E-state index in [1.54, 1.807) is 6.92 Å². The number of fused-ring (bicyclic) bond motifs is 2. The van der Waals surface area contributed by atoms with Crippen molar-refractivity contribution in [1.29, 1.82) is 0 Å². The quantitative estimate of drug-likeness (QED) is 0.403. The van der Waals surface area contributed by atoms with E-state index in [1.807, 2.05) is 10.6 Å². The molecule has 2 aromatic heterocycles. The van der Waals surface area contributed by atoms with Crippen molar-refractivity contribution in [1.82, 2.24) is 24.2 Å². The summed E-state index contributed by atoms with van der Waals surface area (Å²) in [7, 11) is -3.30. The van der Waals surface area contributed by atoms with Crippen LogP contribution in [0.3, 0.4) is 0 Å². The van der Waals surface area contributed by atoms with Gasteiger partial charge in [0.1, 0.15) is 12.1 Å². The minimum absolute atomic E-state index is 0.0232. The molecule has 0 saturated carbocycles. The maximum Gasteiger partial charge on any atom is 0.211 e. The van der Waals surface area contributed by atoms with Gasteiger partial charge in [0.2, 0.25) is 10.0 Å². The highest BCUT2D eigenvalue weighted by Gasteiger charge is 2.20. The minimum atomic E-state index is -3.30. The number of aromatic nitrogens is 4. The van der Waals surface area contributed by atoms with Gasteiger partial charge < -0.3 is 15.0 Å². The number of hydrogen-bond acceptors (Lipinski definition) is 8. The molecule has 3 heterocycles. The molecule has 0 unspecified atom stereocenters. The van der Waals surface area contributed by atoms with E-state index in [4.69, 9.17) is 10.5 Å². The number of hydrogen-bond donors (Lipinski definition) is 2. The van der Waals surface area contributed by atoms with E-state index in [0.29, 0.717) is 48.3 Å². The summed E-state index contributed by atoms with van der Waals surface area (Å²) in [5.41, 5.74) is 8.33. The van der Waals surface area contributed by atoms with Gasteiger partial charge in [-0.2, -0.15) is 0 Å². The Balaban J connectivity index is 1.66. The fraction of sp³-hybridized carbons (Fsp3) is 0.389. The highest BCUT2D eigenvalue weighted by Crippen LogP contribution is 2.38. The molecule has 0 saturated heterocycles. The van der Waals surface area contributed by atoms with Crippen molar-refractivity contribution in [2.45, 2.75) is 36.4 Å². The van der Waals surface area contributed by atoms with Gasteiger partial charge in [-0.05, 0) is 46.7 Å². The molecular weight excluding hydrogens is 539 g/mol. The highest BCUT2D eigenvalue weighted by molar-refractivity contribution is 14.1. The van der Waals surface area contributed by atoms with Crippen molar-refractivity contribution < 1.29 is 13.2 Å². The van der Waals surface area contributed by atoms with E-state index in [1.165, 1.54) is 23.7 Å². The van der Waals surface area contributed by atoms with E-state index >= 15 is 0 Å². The van der Waals surface area contributed by atoms with Crippen LogP contribution in [0.5, 0.6) is 5.75 Å². The van der Waals surface area contributed by atoms with E-state index in [9.17, 15) is 8.42 Å². The number of imidazole rings is 1. The Morgan fingerprint density at radius 1 is 1.37 bits per heavy atom. The van der Waals surface area contributed by atoms with E-state index in [0.717, 1.165) is 20.6 Å². The van der Waals surface area contributed by atoms with Crippen LogP contribution in [0.25, 0.3) is 11.2 Å². The molecule has 160 valence electrons. The maximum atomic E-state index is 12.0. The summed E-state index contributed by atoms with van der Waals surface area (Å²) in [6.45, 7) is 3.28. The number of nitrogens with one attached hydrogen (secondary N) is 1. The summed E-state index contributed by atoms with van der Waals surface area (Å²) in [6, 6.07) is 4.17. The SMILES string of the molecule is CCNS(=O)(=O)CCCn1c(Sc2cc3c(cc2I)CCO3)nc2c(N)ncnc21. The van der Waals surface area contributed by atoms with Crippen molar-refractivity contribution in [2.75, 3.05) is 24.6 Å². The van der Waals surface area contributed by atoms with Gasteiger partial charge in [-0.15, -0.1) is 0 Å². The van der Waals surface area contributed by atoms with Crippen LogP contribution in [0.1, 0.15) is 18.9 Å². The van der Waals surface area contributed by atoms with Gasteiger partial charge in [0, 0.05) is 28.0 Å². The fourth-order valence-corrected chi connectivity index (χ4v) is 6.17. The van der Waals surface area contributed by atoms with Crippen LogP contribution in [-0.4, -0.2) is 46.8 Å². The van der Waals surface area contributed by atoms with Crippen LogP contribution in [0, 0.1) is 3.57 Å². The summed E-state index contributed by atoms with van der Waals surface area (Å²) < 4.78 is 35.2. The molecule has 1 aliphatic heterocycles. The maximum absolute atomic E-state index is 12.0. The molecule has 30 heavy (non-hydrogen) atoms. The summed E-state index contributed by atoms with van der Waals surface area (Å²) >= 11 is 3.80. The molecule has 3 aromatic rings. The Hall–Kier alpha value is -1.64. The molecule has 1 aliphatic rings. The number of benzene rings is 1. The van der Waals surface area contributed by atoms with Gasteiger partial charge in [0.15, 0.2) is 22.1 Å². The lowest BCUT2D eigenvalue weighted by molar-refractivity contribution is 0.356. The number of ether oxygens (including phenoxy) is 1. The van der Waals surface area contributed by atoms with Crippen LogP contribution in [0.2, 0.25) is 0 Å². The predicted molar refractivity (Wildman–Crippen MR) is 124 cm³/mol. The molecule has 1 aromatic carbocycles. The lowest BCUT2D eigenvalue weighted by Gasteiger charge is -2.11. The van der Waals surface area contributed by atoms with Crippen molar-refractivity contribution in [3.8, 4) is 5.75 Å². The van der Waals surface area contributed by atoms with Crippen LogP contribution >= 0.6 is 34.4 Å². The first kappa shape index (κ1) is 21.6. The van der Waals surface area contributed by atoms with Crippen molar-refractivity contribution >= 4 is 61.4 Å². The molecule has 4 rings (SSSR count). The Morgan fingerprint density at radius 2 is 2.20 bits per heavy atom. The third-order valence-electron chi connectivity index (χ3n) is 4.63. The molecule has 0 aliphatic carbocycles. The molecule has 3 N–H and O–H groups in total. The van der Waals surface area contributed by atoms with Gasteiger partial charge in [0.25, 0.3) is 0 Å². The molecule has 0 radical (unpaired) electrons. The smallest absolute Gasteiger partial charge is 0.211 e. The third-order valence-corrected chi connectivity index (χ3v) is 8.49. The number of anilines is 1. The Labute approximate surface area is 192 Å². The van der Waals surface area contributed by atoms with Crippen molar-refractivity contribution in [3.05, 3.63) is 27.6 Å². The summed E-state index contributed by atoms with van der Waals surface area (Å²) in [4.78, 5) is 14.0. The van der Waals surface area contributed by atoms with Gasteiger partial charge in [-0.1, -0.05) is 18.7 Å². The average molecular weight is 560 g/mol. The zero-order chi connectivity index (χ0) is 21.3. The summed E-state index contributed by atoms with van der Waals surface area (Å²) in [5.74, 6) is 1.22. The molecular formula is C18H21IN6O3S2. The van der Waals surface area contributed by atoms with Crippen molar-refractivity contribution in [3.63, 3.8) is 0 Å². The Morgan fingerprint density at radius 3 is 3.00 bits per heavy atom. The predicted octanol–water partition coefficient (Wildman–Crippen LogP) is 2.43. The fourth-order valence-electron chi connectivity index (χ4n) is 3.27. The number of nitrogens with two attached hydrogens (primary N) is 1. The minimum Gasteiger partial charge on any atom is -0.493 e. The normalized spacial score (nSPS) is 13.5. The lowest BCUT2D eigenvalue weighted by atomic mass is 10.2. The Kier molecular flexibility index (Phi) is 6.36. The lowest BCUT2D eigenvalue weighted by Crippen LogP contribution is -2.26. The molecule has 12 heteroatoms. The first-order valence-electron chi connectivity index (χ1n) is 9.45. The number of rotatable bonds is 8. The number of nitrogens with zero attached hydrogens (tertiary/aromatic N) is 4. The topological polar surface area (TPSA) is 125 Å². The molecule has 0 amide bonds. The largest absolute Gasteiger partial charge is 0.493 e. The number of sulfonamides is 1. The van der Waals surface area contributed by atoms with Crippen LogP contribution < -0.4 is 15.2 Å². The molecule has 0 atom stereocenters. The van der Waals surface area contributed by atoms with Crippen LogP contribution in [-0.2, 0) is 23.0 Å². The Bertz CT molecular complexity index is 1200. The zero-order valence-corrected chi connectivity index (χ0v) is 20.1. The van der Waals surface area contributed by atoms with E-state index < -0.39 is 10.0 Å². The van der Waals surface area contributed by atoms with Gasteiger partial charge in [-0.25, -0.2) is 28.1 Å². The molecule has 0 fully saturated rings. The van der Waals surface area contributed by atoms with Crippen LogP contribution in [0.4, 0.5) is 5.82 Å². The average Bonchev–Trinajstić information content (AvgIpc) is 3.27. The highest BCUT2D eigenvalue weighted by atomic mass is 127. The second-order valence-electron chi connectivity index (χ2n) is 6.74. The zero-order valence-electron chi connectivity index (χ0n) is 16.3. The monoisotopic (exact) mass is 560 g/mol. The molecule has 9 nitrogen and oxygen atoms in total. The van der Waals surface area contributed by atoms with E-state index in [2.05, 4.69) is 48.3 Å². The van der Waals surface area contributed by atoms with Crippen LogP contribution in [0.15, 0.2) is 28.5 Å². The summed E-state index contributed by atoms with van der Waals surface area (Å²) in [5, 5.41) is 0.689. The standard InChI is InChI=1S/C18H21IN6O3S2/c1-2-23-30(26,27)7-3-5-25-17-15(16(20)21-10-22-17)24-18(25)29-14-9-13-11(4-6-28-13)8-12(14)19/h8-10,23H,2-7H2,1H3,(H2,20,21,22). The summed E-state index contributed by atoms with van der Waals surface area (Å²) in [6.07, 6.45) is 2.73. The first-order chi connectivity index (χ1) is 14.4. The second kappa shape index (κ2) is 8.85. The number of aryl methyl sites for hydroxylation is 1. The van der Waals surface area contributed by atoms with E-state index in [-0.39, 0.29) is 5.75 Å². The second-order valence-corrected chi connectivity index (χ2v) is 10.8. The van der Waals surface area contributed by atoms with Gasteiger partial charge in [-0.3, -0.25) is 0 Å². The van der Waals surface area contributed by atoms with Gasteiger partial charge in [0.05, 0.1) is 12.4 Å². The number of halogens is 1. The van der Waals surface area contributed by atoms with Crippen molar-refractivity contribution in [2.24, 2.45) is 0 Å². The molecule has 0 spiro atoms. The van der Waals surface area contributed by atoms with Gasteiger partial charge >= 0.3 is 0 Å². The first-order valence-corrected chi connectivity index (χ1v) is 13.0. The third kappa shape index (κ3) is 4.50.